The Balaban J connectivity index is 0. The van der Waals surface area contributed by atoms with Gasteiger partial charge in [-0.1, -0.05) is 117 Å². The van der Waals surface area contributed by atoms with Crippen LogP contribution in [0.5, 0.6) is 0 Å². The average molecular weight is 579 g/mol. The highest BCUT2D eigenvalue weighted by molar-refractivity contribution is 6.14. The summed E-state index contributed by atoms with van der Waals surface area (Å²) in [5.41, 5.74) is 4.45. The molecule has 4 heteroatoms. The molecule has 0 aliphatic heterocycles. The topological polar surface area (TPSA) is 15.6 Å². The van der Waals surface area contributed by atoms with Crippen LogP contribution < -0.4 is 4.90 Å². The molecule has 2 aromatic rings. The molecule has 2 aromatic carbocycles. The monoisotopic (exact) mass is 578 g/mol. The fraction of sp³-hybridized carbons (Fsp3) is 0.447. The molecule has 0 atom stereocenters. The highest BCUT2D eigenvalue weighted by Crippen LogP contribution is 2.31. The largest absolute Gasteiger partial charge is 0.316 e. The minimum absolute atomic E-state index is 0.0821. The van der Waals surface area contributed by atoms with E-state index in [9.17, 15) is 8.78 Å². The Bertz CT molecular complexity index is 1140. The number of anilines is 1. The average Bonchev–Trinajstić information content (AvgIpc) is 2.95. The number of halogens is 2. The fourth-order valence-electron chi connectivity index (χ4n) is 3.30. The standard InChI is InChI=1S/C27H28F2N2.C5H12.2C3H8/c1-7-9-10-17-31(25-16-11-13-20(3)18-25)22(5)26(21(4)8-2)30-24-15-12-14-23(19-24)27(6,28)29;1-3-5-4-2;2*1-3-2/h1,8,10-19H,5,9H2,2-4,6H3;3-5H2,1-2H3;2*3H2,1-2H3/b17-10+,21-8+,30-26?;;;. The van der Waals surface area contributed by atoms with Gasteiger partial charge < -0.3 is 4.90 Å². The molecule has 0 heterocycles. The van der Waals surface area contributed by atoms with Crippen LogP contribution in [0.25, 0.3) is 0 Å². The zero-order chi connectivity index (χ0) is 32.6. The van der Waals surface area contributed by atoms with Crippen molar-refractivity contribution in [2.45, 2.75) is 114 Å². The number of rotatable bonds is 10. The van der Waals surface area contributed by atoms with Crippen LogP contribution in [0.1, 0.15) is 112 Å². The lowest BCUT2D eigenvalue weighted by Crippen LogP contribution is -2.22. The fourth-order valence-corrected chi connectivity index (χ4v) is 3.30. The second-order valence-corrected chi connectivity index (χ2v) is 10.1. The van der Waals surface area contributed by atoms with Gasteiger partial charge in [-0.15, -0.1) is 12.3 Å². The van der Waals surface area contributed by atoms with Crippen molar-refractivity contribution in [3.8, 4) is 12.3 Å². The molecule has 2 rings (SSSR count). The van der Waals surface area contributed by atoms with E-state index in [1.165, 1.54) is 44.2 Å². The van der Waals surface area contributed by atoms with E-state index in [2.05, 4.69) is 54.0 Å². The lowest BCUT2D eigenvalue weighted by molar-refractivity contribution is 0.0175. The summed E-state index contributed by atoms with van der Waals surface area (Å²) in [4.78, 5) is 6.61. The van der Waals surface area contributed by atoms with Crippen molar-refractivity contribution >= 4 is 17.1 Å². The molecule has 232 valence electrons. The van der Waals surface area contributed by atoms with Crippen molar-refractivity contribution in [1.82, 2.24) is 0 Å². The Hall–Kier alpha value is -3.45. The summed E-state index contributed by atoms with van der Waals surface area (Å²) in [6.45, 7) is 23.9. The summed E-state index contributed by atoms with van der Waals surface area (Å²) in [6.07, 6.45) is 18.1. The van der Waals surface area contributed by atoms with Crippen LogP contribution in [0.4, 0.5) is 20.2 Å². The number of hydrogen-bond acceptors (Lipinski definition) is 2. The Morgan fingerprint density at radius 2 is 1.57 bits per heavy atom. The van der Waals surface area contributed by atoms with Crippen LogP contribution >= 0.6 is 0 Å². The van der Waals surface area contributed by atoms with Gasteiger partial charge in [0.1, 0.15) is 0 Å². The van der Waals surface area contributed by atoms with Gasteiger partial charge in [0.15, 0.2) is 0 Å². The number of alkyl halides is 2. The van der Waals surface area contributed by atoms with E-state index in [1.807, 2.05) is 68.3 Å². The zero-order valence-electron chi connectivity index (χ0n) is 28.0. The molecule has 0 bridgehead atoms. The van der Waals surface area contributed by atoms with Crippen molar-refractivity contribution in [1.29, 1.82) is 0 Å². The molecule has 0 aromatic heterocycles. The van der Waals surface area contributed by atoms with Crippen molar-refractivity contribution < 1.29 is 8.78 Å². The van der Waals surface area contributed by atoms with Crippen LogP contribution in [0.3, 0.4) is 0 Å². The van der Waals surface area contributed by atoms with E-state index >= 15 is 0 Å². The van der Waals surface area contributed by atoms with Gasteiger partial charge in [0, 0.05) is 30.8 Å². The first kappa shape index (κ1) is 40.7. The quantitative estimate of drug-likeness (QED) is 0.202. The van der Waals surface area contributed by atoms with Gasteiger partial charge in [0.25, 0.3) is 5.92 Å². The predicted molar refractivity (Wildman–Crippen MR) is 185 cm³/mol. The number of terminal acetylenes is 1. The lowest BCUT2D eigenvalue weighted by Gasteiger charge is -2.25. The number of benzene rings is 2. The number of nitrogens with zero attached hydrogens (tertiary/aromatic N) is 2. The van der Waals surface area contributed by atoms with Crippen molar-refractivity contribution in [3.05, 3.63) is 95.9 Å². The molecule has 0 fully saturated rings. The molecule has 0 aliphatic rings. The minimum Gasteiger partial charge on any atom is -0.316 e. The number of aliphatic imine (C=N–C) groups is 1. The summed E-state index contributed by atoms with van der Waals surface area (Å²) in [6, 6.07) is 14.1. The van der Waals surface area contributed by atoms with E-state index in [0.29, 0.717) is 23.5 Å². The molecule has 0 N–H and O–H groups in total. The summed E-state index contributed by atoms with van der Waals surface area (Å²) in [5, 5.41) is 0. The van der Waals surface area contributed by atoms with Crippen molar-refractivity contribution in [3.63, 3.8) is 0 Å². The Labute approximate surface area is 257 Å². The van der Waals surface area contributed by atoms with Crippen LogP contribution in [0, 0.1) is 19.3 Å². The molecule has 0 unspecified atom stereocenters. The van der Waals surface area contributed by atoms with Crippen molar-refractivity contribution in [2.24, 2.45) is 4.99 Å². The molecule has 0 aliphatic carbocycles. The molecular formula is C38H56F2N2. The Kier molecular flexibility index (Phi) is 23.4. The maximum absolute atomic E-state index is 13.8. The SMILES string of the molecule is C#CC/C=C/N(C(=C)C(=Nc1cccc(C(C)(F)F)c1)/C(C)=C/C)c1cccc(C)c1.CCC.CCC.CCCCC. The first-order valence-electron chi connectivity index (χ1n) is 15.3. The highest BCUT2D eigenvalue weighted by atomic mass is 19.3. The molecule has 0 saturated carbocycles. The highest BCUT2D eigenvalue weighted by Gasteiger charge is 2.24. The summed E-state index contributed by atoms with van der Waals surface area (Å²) >= 11 is 0. The first-order chi connectivity index (χ1) is 19.9. The molecule has 42 heavy (non-hydrogen) atoms. The van der Waals surface area contributed by atoms with Gasteiger partial charge >= 0.3 is 0 Å². The smallest absolute Gasteiger partial charge is 0.270 e. The molecule has 2 nitrogen and oxygen atoms in total. The molecule has 0 saturated heterocycles. The van der Waals surface area contributed by atoms with Gasteiger partial charge in [-0.25, -0.2) is 13.8 Å². The van der Waals surface area contributed by atoms with Crippen LogP contribution in [0.2, 0.25) is 0 Å². The van der Waals surface area contributed by atoms with Crippen LogP contribution in [0.15, 0.2) is 89.7 Å². The number of aryl methyl sites for hydroxylation is 1. The Morgan fingerprint density at radius 1 is 1.00 bits per heavy atom. The normalized spacial score (nSPS) is 11.2. The van der Waals surface area contributed by atoms with E-state index in [-0.39, 0.29) is 5.56 Å². The van der Waals surface area contributed by atoms with Crippen LogP contribution in [-0.2, 0) is 5.92 Å². The van der Waals surface area contributed by atoms with Crippen LogP contribution in [-0.4, -0.2) is 5.71 Å². The zero-order valence-corrected chi connectivity index (χ0v) is 28.0. The van der Waals surface area contributed by atoms with E-state index in [1.54, 1.807) is 12.1 Å². The summed E-state index contributed by atoms with van der Waals surface area (Å²) in [5.74, 6) is -0.348. The number of unbranched alkanes of at least 4 members (excludes halogenated alkanes) is 2. The summed E-state index contributed by atoms with van der Waals surface area (Å²) < 4.78 is 27.6. The lowest BCUT2D eigenvalue weighted by atomic mass is 10.1. The van der Waals surface area contributed by atoms with Gasteiger partial charge in [-0.3, -0.25) is 0 Å². The maximum atomic E-state index is 13.8. The minimum atomic E-state index is -2.94. The second kappa shape index (κ2) is 24.2. The third kappa shape index (κ3) is 17.4. The summed E-state index contributed by atoms with van der Waals surface area (Å²) in [7, 11) is 0. The molecule has 0 spiro atoms. The van der Waals surface area contributed by atoms with Gasteiger partial charge in [-0.2, -0.15) is 0 Å². The van der Waals surface area contributed by atoms with Gasteiger partial charge in [0.05, 0.1) is 17.1 Å². The Morgan fingerprint density at radius 3 is 2.02 bits per heavy atom. The van der Waals surface area contributed by atoms with E-state index < -0.39 is 5.92 Å². The van der Waals surface area contributed by atoms with Gasteiger partial charge in [-0.05, 0) is 56.2 Å². The first-order valence-corrected chi connectivity index (χ1v) is 15.3. The third-order valence-corrected chi connectivity index (χ3v) is 5.44. The molecular weight excluding hydrogens is 522 g/mol. The number of allylic oxidation sites excluding steroid dienone is 3. The van der Waals surface area contributed by atoms with E-state index in [4.69, 9.17) is 11.4 Å². The van der Waals surface area contributed by atoms with Crippen molar-refractivity contribution in [2.75, 3.05) is 4.90 Å². The number of hydrogen-bond donors (Lipinski definition) is 0. The molecule has 0 amide bonds. The predicted octanol–water partition coefficient (Wildman–Crippen LogP) is 12.7. The van der Waals surface area contributed by atoms with E-state index in [0.717, 1.165) is 23.7 Å². The molecule has 0 radical (unpaired) electrons. The maximum Gasteiger partial charge on any atom is 0.270 e. The third-order valence-electron chi connectivity index (χ3n) is 5.44. The van der Waals surface area contributed by atoms with Gasteiger partial charge in [0.2, 0.25) is 0 Å². The second-order valence-electron chi connectivity index (χ2n) is 10.1.